The first-order chi connectivity index (χ1) is 14.7. The fraction of sp³-hybridized carbons (Fsp3) is 0.920. The van der Waals surface area contributed by atoms with Gasteiger partial charge in [-0.25, -0.2) is 0 Å². The van der Waals surface area contributed by atoms with E-state index in [0.29, 0.717) is 6.61 Å². The molecular formula is C25H48O5. The van der Waals surface area contributed by atoms with Crippen LogP contribution in [0.3, 0.4) is 0 Å². The molecule has 1 rings (SSSR count). The van der Waals surface area contributed by atoms with Gasteiger partial charge in [0.15, 0.2) is 0 Å². The van der Waals surface area contributed by atoms with Crippen LogP contribution in [-0.4, -0.2) is 59.6 Å². The molecule has 0 radical (unpaired) electrons. The van der Waals surface area contributed by atoms with Gasteiger partial charge in [-0.15, -0.1) is 0 Å². The van der Waals surface area contributed by atoms with Crippen molar-refractivity contribution in [2.24, 2.45) is 0 Å². The van der Waals surface area contributed by atoms with Crippen molar-refractivity contribution in [3.05, 3.63) is 12.2 Å². The Labute approximate surface area is 184 Å². The summed E-state index contributed by atoms with van der Waals surface area (Å²) >= 11 is 0. The molecule has 5 nitrogen and oxygen atoms in total. The van der Waals surface area contributed by atoms with Crippen LogP contribution in [0.5, 0.6) is 0 Å². The molecule has 0 aromatic heterocycles. The van der Waals surface area contributed by atoms with Crippen LogP contribution in [0.1, 0.15) is 103 Å². The summed E-state index contributed by atoms with van der Waals surface area (Å²) < 4.78 is 11.0. The third-order valence-electron chi connectivity index (χ3n) is 5.97. The molecule has 3 N–H and O–H groups in total. The van der Waals surface area contributed by atoms with Gasteiger partial charge in [-0.2, -0.15) is 0 Å². The molecule has 0 aliphatic carbocycles. The molecule has 0 amide bonds. The summed E-state index contributed by atoms with van der Waals surface area (Å²) in [5, 5.41) is 29.0. The molecule has 1 aliphatic rings. The first-order valence-electron chi connectivity index (χ1n) is 12.6. The Morgan fingerprint density at radius 1 is 0.800 bits per heavy atom. The summed E-state index contributed by atoms with van der Waals surface area (Å²) in [5.41, 5.74) is 0. The Morgan fingerprint density at radius 2 is 1.33 bits per heavy atom. The fourth-order valence-electron chi connectivity index (χ4n) is 3.96. The van der Waals surface area contributed by atoms with Gasteiger partial charge in [-0.1, -0.05) is 83.3 Å². The van der Waals surface area contributed by atoms with Crippen molar-refractivity contribution in [1.29, 1.82) is 0 Å². The van der Waals surface area contributed by atoms with E-state index in [9.17, 15) is 15.3 Å². The Balaban J connectivity index is 1.85. The molecule has 1 saturated heterocycles. The van der Waals surface area contributed by atoms with Crippen molar-refractivity contribution >= 4 is 0 Å². The minimum atomic E-state index is -0.989. The minimum Gasteiger partial charge on any atom is -0.394 e. The number of unbranched alkanes of at least 4 members (excludes halogenated alkanes) is 13. The van der Waals surface area contributed by atoms with E-state index in [0.717, 1.165) is 12.8 Å². The van der Waals surface area contributed by atoms with Crippen LogP contribution in [-0.2, 0) is 9.47 Å². The average molecular weight is 429 g/mol. The lowest BCUT2D eigenvalue weighted by Crippen LogP contribution is -2.55. The van der Waals surface area contributed by atoms with E-state index < -0.39 is 24.4 Å². The maximum Gasteiger partial charge on any atom is 0.114 e. The van der Waals surface area contributed by atoms with E-state index in [1.165, 1.54) is 83.5 Å². The highest BCUT2D eigenvalue weighted by Crippen LogP contribution is 2.19. The second-order valence-corrected chi connectivity index (χ2v) is 8.74. The maximum absolute atomic E-state index is 10.0. The Morgan fingerprint density at radius 3 is 1.90 bits per heavy atom. The number of hydrogen-bond acceptors (Lipinski definition) is 5. The molecule has 0 unspecified atom stereocenters. The zero-order valence-corrected chi connectivity index (χ0v) is 19.4. The molecule has 1 aliphatic heterocycles. The lowest BCUT2D eigenvalue weighted by atomic mass is 10.0. The topological polar surface area (TPSA) is 79.2 Å². The highest BCUT2D eigenvalue weighted by Gasteiger charge is 2.39. The fourth-order valence-corrected chi connectivity index (χ4v) is 3.96. The van der Waals surface area contributed by atoms with E-state index >= 15 is 0 Å². The van der Waals surface area contributed by atoms with Crippen LogP contribution in [0, 0.1) is 0 Å². The number of aliphatic hydroxyl groups excluding tert-OH is 3. The third-order valence-corrected chi connectivity index (χ3v) is 5.97. The molecule has 0 aromatic rings. The quantitative estimate of drug-likeness (QED) is 0.201. The molecule has 178 valence electrons. The van der Waals surface area contributed by atoms with Crippen molar-refractivity contribution in [3.63, 3.8) is 0 Å². The molecule has 0 saturated carbocycles. The number of ether oxygens (including phenoxy) is 2. The van der Waals surface area contributed by atoms with Crippen LogP contribution in [0.4, 0.5) is 0 Å². The largest absolute Gasteiger partial charge is 0.394 e. The zero-order chi connectivity index (χ0) is 21.9. The van der Waals surface area contributed by atoms with Crippen molar-refractivity contribution in [1.82, 2.24) is 0 Å². The van der Waals surface area contributed by atoms with Crippen LogP contribution >= 0.6 is 0 Å². The van der Waals surface area contributed by atoms with Crippen molar-refractivity contribution < 1.29 is 24.8 Å². The molecule has 1 fully saturated rings. The second-order valence-electron chi connectivity index (χ2n) is 8.74. The van der Waals surface area contributed by atoms with Crippen molar-refractivity contribution in [2.75, 3.05) is 19.8 Å². The van der Waals surface area contributed by atoms with E-state index in [4.69, 9.17) is 9.47 Å². The molecule has 5 heteroatoms. The van der Waals surface area contributed by atoms with Crippen LogP contribution in [0.25, 0.3) is 0 Å². The predicted molar refractivity (Wildman–Crippen MR) is 123 cm³/mol. The van der Waals surface area contributed by atoms with Gasteiger partial charge in [0.2, 0.25) is 0 Å². The Hall–Kier alpha value is -0.460. The standard InChI is InChI=1S/C25H48O5/c1-2-3-4-5-6-7-8-9-10-11-12-13-14-15-16-17-18-19-29-25-23(20-26)30-21-22(27)24(25)28/h8-9,22-28H,2-7,10-21H2,1H3/b9-8+/t22-,23+,24+,25+/m1/s1. The minimum absolute atomic E-state index is 0.0433. The number of aliphatic hydroxyl groups is 3. The summed E-state index contributed by atoms with van der Waals surface area (Å²) in [7, 11) is 0. The molecule has 0 spiro atoms. The number of rotatable bonds is 19. The number of hydrogen-bond donors (Lipinski definition) is 3. The van der Waals surface area contributed by atoms with E-state index in [2.05, 4.69) is 19.1 Å². The summed E-state index contributed by atoms with van der Waals surface area (Å²) in [6.07, 6.45) is 20.7. The second kappa shape index (κ2) is 19.2. The van der Waals surface area contributed by atoms with Gasteiger partial charge in [-0.05, 0) is 32.1 Å². The molecule has 30 heavy (non-hydrogen) atoms. The third kappa shape index (κ3) is 13.1. The molecule has 4 atom stereocenters. The molecule has 1 heterocycles. The van der Waals surface area contributed by atoms with Gasteiger partial charge in [0.25, 0.3) is 0 Å². The van der Waals surface area contributed by atoms with Gasteiger partial charge in [0.1, 0.15) is 24.4 Å². The van der Waals surface area contributed by atoms with Crippen LogP contribution in [0.2, 0.25) is 0 Å². The summed E-state index contributed by atoms with van der Waals surface area (Å²) in [5.74, 6) is 0. The highest BCUT2D eigenvalue weighted by atomic mass is 16.6. The van der Waals surface area contributed by atoms with Crippen molar-refractivity contribution in [2.45, 2.75) is 128 Å². The predicted octanol–water partition coefficient (Wildman–Crippen LogP) is 4.91. The monoisotopic (exact) mass is 428 g/mol. The summed E-state index contributed by atoms with van der Waals surface area (Å²) in [4.78, 5) is 0. The molecule has 0 aromatic carbocycles. The first kappa shape index (κ1) is 27.6. The van der Waals surface area contributed by atoms with Crippen LogP contribution in [0.15, 0.2) is 12.2 Å². The smallest absolute Gasteiger partial charge is 0.114 e. The van der Waals surface area contributed by atoms with E-state index in [1.54, 1.807) is 0 Å². The summed E-state index contributed by atoms with van der Waals surface area (Å²) in [6.45, 7) is 2.63. The Bertz CT molecular complexity index is 399. The number of allylic oxidation sites excluding steroid dienone is 2. The van der Waals surface area contributed by atoms with Gasteiger partial charge in [-0.3, -0.25) is 0 Å². The van der Waals surface area contributed by atoms with Gasteiger partial charge < -0.3 is 24.8 Å². The normalized spacial score (nSPS) is 24.7. The lowest BCUT2D eigenvalue weighted by Gasteiger charge is -2.37. The molecular weight excluding hydrogens is 380 g/mol. The lowest BCUT2D eigenvalue weighted by molar-refractivity contribution is -0.211. The van der Waals surface area contributed by atoms with Gasteiger partial charge >= 0.3 is 0 Å². The van der Waals surface area contributed by atoms with Crippen LogP contribution < -0.4 is 0 Å². The SMILES string of the molecule is CCCCCCC/C=C/CCCCCCCCCCO[C@@H]1[C@@H](O)[C@H](O)CO[C@H]1CO. The highest BCUT2D eigenvalue weighted by molar-refractivity contribution is 4.87. The van der Waals surface area contributed by atoms with Gasteiger partial charge in [0, 0.05) is 6.61 Å². The molecule has 0 bridgehead atoms. The van der Waals surface area contributed by atoms with Crippen molar-refractivity contribution in [3.8, 4) is 0 Å². The van der Waals surface area contributed by atoms with Gasteiger partial charge in [0.05, 0.1) is 13.2 Å². The summed E-state index contributed by atoms with van der Waals surface area (Å²) in [6, 6.07) is 0. The first-order valence-corrected chi connectivity index (χ1v) is 12.6. The average Bonchev–Trinajstić information content (AvgIpc) is 2.75. The Kier molecular flexibility index (Phi) is 17.7. The maximum atomic E-state index is 10.0. The van der Waals surface area contributed by atoms with E-state index in [-0.39, 0.29) is 13.2 Å². The zero-order valence-electron chi connectivity index (χ0n) is 19.4. The van der Waals surface area contributed by atoms with E-state index in [1.807, 2.05) is 0 Å².